The number of rotatable bonds is 1. The Morgan fingerprint density at radius 2 is 1.81 bits per heavy atom. The van der Waals surface area contributed by atoms with E-state index in [-0.39, 0.29) is 5.57 Å². The Hall–Kier alpha value is -1.88. The fraction of sp³-hybridized carbons (Fsp3) is 0.529. The minimum atomic E-state index is 0.278. The number of fused-ring (bicyclic) bond motifs is 1. The molecule has 3 rings (SSSR count). The largest absolute Gasteiger partial charge is 0.370 e. The monoisotopic (exact) mass is 282 g/mol. The molecule has 1 N–H and O–H groups in total. The summed E-state index contributed by atoms with van der Waals surface area (Å²) in [5.41, 5.74) is 3.98. The predicted octanol–water partition coefficient (Wildman–Crippen LogP) is 1.26. The van der Waals surface area contributed by atoms with Gasteiger partial charge in [0, 0.05) is 6.42 Å². The molecule has 0 saturated carbocycles. The van der Waals surface area contributed by atoms with Gasteiger partial charge in [-0.05, 0) is 42.4 Å². The molecular weight excluding hydrogens is 262 g/mol. The highest BCUT2D eigenvalue weighted by Crippen LogP contribution is 2.36. The van der Waals surface area contributed by atoms with Crippen molar-refractivity contribution in [3.05, 3.63) is 34.6 Å². The highest BCUT2D eigenvalue weighted by atomic mass is 16.5. The van der Waals surface area contributed by atoms with Gasteiger partial charge in [-0.15, -0.1) is 0 Å². The van der Waals surface area contributed by atoms with Crippen molar-refractivity contribution in [3.63, 3.8) is 0 Å². The summed E-state index contributed by atoms with van der Waals surface area (Å²) >= 11 is 0. The Bertz CT molecular complexity index is 579. The third kappa shape index (κ3) is 2.93. The first kappa shape index (κ1) is 14.1. The standard InChI is InChI=1S/C17H19N3O/c18-11-16(12-19)14-2-1-13-3-4-17(10-15(13)9-14)20-5-7-21-8-6-20/h9-10,13H,1-8H2/p+1/t13-/m0/s1. The molecule has 1 saturated heterocycles. The van der Waals surface area contributed by atoms with Gasteiger partial charge in [-0.3, -0.25) is 0 Å². The molecule has 1 atom stereocenters. The Kier molecular flexibility index (Phi) is 4.20. The average Bonchev–Trinajstić information content (AvgIpc) is 2.56. The van der Waals surface area contributed by atoms with E-state index in [2.05, 4.69) is 12.2 Å². The number of hydrogen-bond acceptors (Lipinski definition) is 3. The van der Waals surface area contributed by atoms with Crippen molar-refractivity contribution in [2.45, 2.75) is 25.7 Å². The molecule has 21 heavy (non-hydrogen) atoms. The summed E-state index contributed by atoms with van der Waals surface area (Å²) in [7, 11) is 0. The van der Waals surface area contributed by atoms with Crippen LogP contribution in [0.2, 0.25) is 0 Å². The molecule has 0 spiro atoms. The molecule has 0 bridgehead atoms. The van der Waals surface area contributed by atoms with Gasteiger partial charge in [0.25, 0.3) is 0 Å². The topological polar surface area (TPSA) is 61.2 Å². The van der Waals surface area contributed by atoms with E-state index in [1.165, 1.54) is 29.0 Å². The molecule has 4 nitrogen and oxygen atoms in total. The first-order valence-corrected chi connectivity index (χ1v) is 7.70. The molecule has 4 heteroatoms. The normalized spacial score (nSPS) is 26.0. The zero-order chi connectivity index (χ0) is 14.7. The Morgan fingerprint density at radius 1 is 1.10 bits per heavy atom. The summed E-state index contributed by atoms with van der Waals surface area (Å²) in [6, 6.07) is 4.05. The summed E-state index contributed by atoms with van der Waals surface area (Å²) in [5, 5.41) is 18.1. The smallest absolute Gasteiger partial charge is 0.132 e. The number of allylic oxidation sites excluding steroid dienone is 6. The van der Waals surface area contributed by atoms with Crippen LogP contribution in [-0.2, 0) is 4.74 Å². The van der Waals surface area contributed by atoms with Crippen molar-refractivity contribution in [2.24, 2.45) is 5.92 Å². The minimum absolute atomic E-state index is 0.278. The summed E-state index contributed by atoms with van der Waals surface area (Å²) in [4.78, 5) is 1.54. The van der Waals surface area contributed by atoms with Crippen molar-refractivity contribution < 1.29 is 9.64 Å². The second kappa shape index (κ2) is 6.26. The van der Waals surface area contributed by atoms with Crippen molar-refractivity contribution in [3.8, 4) is 12.1 Å². The maximum absolute atomic E-state index is 9.04. The van der Waals surface area contributed by atoms with Crippen LogP contribution in [0.3, 0.4) is 0 Å². The number of ether oxygens (including phenoxy) is 1. The van der Waals surface area contributed by atoms with Crippen LogP contribution in [0.15, 0.2) is 34.6 Å². The number of morpholine rings is 1. The molecule has 1 heterocycles. The van der Waals surface area contributed by atoms with E-state index in [0.29, 0.717) is 5.92 Å². The number of hydrogen-bond donors (Lipinski definition) is 1. The van der Waals surface area contributed by atoms with Crippen LogP contribution < -0.4 is 4.90 Å². The lowest BCUT2D eigenvalue weighted by molar-refractivity contribution is -0.871. The molecule has 3 aliphatic rings. The molecule has 0 radical (unpaired) electrons. The van der Waals surface area contributed by atoms with Crippen molar-refractivity contribution >= 4 is 0 Å². The van der Waals surface area contributed by atoms with E-state index < -0.39 is 0 Å². The van der Waals surface area contributed by atoms with Gasteiger partial charge in [0.05, 0.1) is 13.2 Å². The minimum Gasteiger partial charge on any atom is -0.370 e. The third-order valence-electron chi connectivity index (χ3n) is 4.77. The average molecular weight is 282 g/mol. The van der Waals surface area contributed by atoms with Gasteiger partial charge >= 0.3 is 0 Å². The zero-order valence-corrected chi connectivity index (χ0v) is 12.2. The number of nitrogens with zero attached hydrogens (tertiary/aromatic N) is 2. The van der Waals surface area contributed by atoms with E-state index in [1.54, 1.807) is 0 Å². The van der Waals surface area contributed by atoms with Crippen LogP contribution >= 0.6 is 0 Å². The summed E-state index contributed by atoms with van der Waals surface area (Å²) in [6.45, 7) is 3.78. The van der Waals surface area contributed by atoms with Crippen molar-refractivity contribution in [1.82, 2.24) is 0 Å². The van der Waals surface area contributed by atoms with Crippen LogP contribution in [-0.4, -0.2) is 26.3 Å². The molecule has 108 valence electrons. The van der Waals surface area contributed by atoms with Crippen LogP contribution in [0, 0.1) is 28.6 Å². The SMILES string of the molecule is N#CC(C#N)=C1C=C2C=C([NH+]3CCOCC3)CC[C@@H]2CC1. The van der Waals surface area contributed by atoms with E-state index in [4.69, 9.17) is 15.3 Å². The first-order chi connectivity index (χ1) is 10.3. The number of nitrogens with one attached hydrogen (secondary N) is 1. The zero-order valence-electron chi connectivity index (χ0n) is 12.2. The maximum atomic E-state index is 9.04. The van der Waals surface area contributed by atoms with Gasteiger partial charge in [0.15, 0.2) is 0 Å². The first-order valence-electron chi connectivity index (χ1n) is 7.70. The molecule has 0 aromatic carbocycles. The Balaban J connectivity index is 1.88. The fourth-order valence-corrected chi connectivity index (χ4v) is 3.54. The van der Waals surface area contributed by atoms with Crippen LogP contribution in [0.4, 0.5) is 0 Å². The Labute approximate surface area is 125 Å². The maximum Gasteiger partial charge on any atom is 0.132 e. The predicted molar refractivity (Wildman–Crippen MR) is 77.9 cm³/mol. The van der Waals surface area contributed by atoms with Gasteiger partial charge in [-0.25, -0.2) is 0 Å². The van der Waals surface area contributed by atoms with Crippen molar-refractivity contribution in [2.75, 3.05) is 26.3 Å². The molecule has 0 aromatic rings. The molecule has 1 aliphatic heterocycles. The lowest BCUT2D eigenvalue weighted by Crippen LogP contribution is -3.12. The molecule has 1 fully saturated rings. The third-order valence-corrected chi connectivity index (χ3v) is 4.77. The van der Waals surface area contributed by atoms with Crippen molar-refractivity contribution in [1.29, 1.82) is 10.5 Å². The van der Waals surface area contributed by atoms with Gasteiger partial charge < -0.3 is 9.64 Å². The molecule has 2 aliphatic carbocycles. The van der Waals surface area contributed by atoms with E-state index in [1.807, 2.05) is 12.1 Å². The lowest BCUT2D eigenvalue weighted by atomic mass is 9.77. The highest BCUT2D eigenvalue weighted by molar-refractivity contribution is 5.49. The highest BCUT2D eigenvalue weighted by Gasteiger charge is 2.29. The van der Waals surface area contributed by atoms with Gasteiger partial charge in [0.2, 0.25) is 0 Å². The fourth-order valence-electron chi connectivity index (χ4n) is 3.54. The van der Waals surface area contributed by atoms with Gasteiger partial charge in [-0.2, -0.15) is 10.5 Å². The van der Waals surface area contributed by atoms with Crippen LogP contribution in [0.1, 0.15) is 25.7 Å². The second-order valence-electron chi connectivity index (χ2n) is 5.93. The number of quaternary nitrogens is 1. The summed E-state index contributed by atoms with van der Waals surface area (Å²) < 4.78 is 5.43. The Morgan fingerprint density at radius 3 is 2.52 bits per heavy atom. The molecule has 0 unspecified atom stereocenters. The summed E-state index contributed by atoms with van der Waals surface area (Å²) in [5.74, 6) is 0.608. The van der Waals surface area contributed by atoms with E-state index in [0.717, 1.165) is 44.7 Å². The second-order valence-corrected chi connectivity index (χ2v) is 5.93. The van der Waals surface area contributed by atoms with E-state index >= 15 is 0 Å². The summed E-state index contributed by atoms with van der Waals surface area (Å²) in [6.07, 6.45) is 8.70. The molecule has 0 aromatic heterocycles. The van der Waals surface area contributed by atoms with Crippen LogP contribution in [0.5, 0.6) is 0 Å². The molecular formula is C17H20N3O+. The quantitative estimate of drug-likeness (QED) is 0.737. The molecule has 0 amide bonds. The van der Waals surface area contributed by atoms with Gasteiger partial charge in [-0.1, -0.05) is 6.08 Å². The van der Waals surface area contributed by atoms with Gasteiger partial charge in [0.1, 0.15) is 36.5 Å². The van der Waals surface area contributed by atoms with E-state index in [9.17, 15) is 0 Å². The lowest BCUT2D eigenvalue weighted by Gasteiger charge is -2.32. The van der Waals surface area contributed by atoms with Crippen LogP contribution in [0.25, 0.3) is 0 Å². The number of nitriles is 2.